The summed E-state index contributed by atoms with van der Waals surface area (Å²) in [5.74, 6) is 1.46. The van der Waals surface area contributed by atoms with E-state index in [1.165, 1.54) is 0 Å². The van der Waals surface area contributed by atoms with Gasteiger partial charge >= 0.3 is 27.3 Å². The van der Waals surface area contributed by atoms with Gasteiger partial charge in [0, 0.05) is 0 Å². The Morgan fingerprint density at radius 3 is 1.22 bits per heavy atom. The number of hydrogen-bond donors (Lipinski definition) is 0. The average molecular weight is 411 g/mol. The van der Waals surface area contributed by atoms with Gasteiger partial charge in [0.15, 0.2) is 0 Å². The summed E-state index contributed by atoms with van der Waals surface area (Å²) in [4.78, 5) is 0. The molecule has 0 aliphatic rings. The Balaban J connectivity index is 0.000000403. The summed E-state index contributed by atoms with van der Waals surface area (Å²) in [6, 6.07) is 14.5. The molecule has 0 N–H and O–H groups in total. The molecule has 0 aliphatic carbocycles. The van der Waals surface area contributed by atoms with Gasteiger partial charge in [-0.1, -0.05) is 87.4 Å². The van der Waals surface area contributed by atoms with E-state index < -0.39 is 0 Å². The number of rotatable bonds is 4. The first-order valence-electron chi connectivity index (χ1n) is 7.90. The molecule has 0 aromatic heterocycles. The fraction of sp³-hybridized carbons (Fsp3) is 0.400. The van der Waals surface area contributed by atoms with E-state index in [0.29, 0.717) is 11.8 Å². The zero-order valence-corrected chi connectivity index (χ0v) is 18.7. The van der Waals surface area contributed by atoms with Crippen LogP contribution in [0.5, 0.6) is 11.5 Å². The topological polar surface area (TPSA) is 46.1 Å². The van der Waals surface area contributed by atoms with Gasteiger partial charge in [-0.05, 0) is 24.7 Å². The van der Waals surface area contributed by atoms with Crippen LogP contribution in [0.15, 0.2) is 48.5 Å². The first-order valence-corrected chi connectivity index (χ1v) is 7.90. The van der Waals surface area contributed by atoms with Crippen molar-refractivity contribution in [2.75, 3.05) is 0 Å². The smallest absolute Gasteiger partial charge is 0.872 e. The standard InChI is InChI=1S/2C10H14O.Cd/c2*1-8(2)7-9-5-3-4-6-10(9)11;/h2*3-6,8,11H,7H2,1-2H3;/q;;+2/p-2. The van der Waals surface area contributed by atoms with E-state index in [9.17, 15) is 10.2 Å². The van der Waals surface area contributed by atoms with Crippen molar-refractivity contribution in [3.05, 3.63) is 59.7 Å². The number of benzene rings is 2. The molecule has 2 rings (SSSR count). The Kier molecular flexibility index (Phi) is 11.0. The molecule has 0 fully saturated rings. The monoisotopic (exact) mass is 412 g/mol. The third-order valence-corrected chi connectivity index (χ3v) is 3.20. The van der Waals surface area contributed by atoms with E-state index >= 15 is 0 Å². The van der Waals surface area contributed by atoms with Gasteiger partial charge in [0.1, 0.15) is 0 Å². The fourth-order valence-electron chi connectivity index (χ4n) is 2.22. The molecule has 0 amide bonds. The molecule has 0 saturated heterocycles. The summed E-state index contributed by atoms with van der Waals surface area (Å²) in [6.45, 7) is 8.47. The van der Waals surface area contributed by atoms with Crippen molar-refractivity contribution in [1.82, 2.24) is 0 Å². The minimum absolute atomic E-state index is 0. The van der Waals surface area contributed by atoms with Crippen molar-refractivity contribution < 1.29 is 37.5 Å². The van der Waals surface area contributed by atoms with Gasteiger partial charge in [-0.15, -0.1) is 11.5 Å². The Bertz CT molecular complexity index is 514. The van der Waals surface area contributed by atoms with Gasteiger partial charge < -0.3 is 10.2 Å². The molecule has 120 valence electrons. The van der Waals surface area contributed by atoms with Crippen LogP contribution in [0.3, 0.4) is 0 Å². The molecule has 2 aromatic rings. The number of para-hydroxylation sites is 2. The zero-order valence-electron chi connectivity index (χ0n) is 14.7. The van der Waals surface area contributed by atoms with Crippen LogP contribution < -0.4 is 10.2 Å². The van der Waals surface area contributed by atoms with Crippen molar-refractivity contribution in [2.45, 2.75) is 40.5 Å². The molecule has 0 spiro atoms. The molecule has 0 atom stereocenters. The summed E-state index contributed by atoms with van der Waals surface area (Å²) in [7, 11) is 0. The second-order valence-corrected chi connectivity index (χ2v) is 6.41. The molecule has 0 heterocycles. The van der Waals surface area contributed by atoms with Crippen molar-refractivity contribution in [3.63, 3.8) is 0 Å². The summed E-state index contributed by atoms with van der Waals surface area (Å²) in [5, 5.41) is 22.3. The van der Waals surface area contributed by atoms with Gasteiger partial charge in [-0.2, -0.15) is 0 Å². The molecule has 0 unspecified atom stereocenters. The molecule has 2 nitrogen and oxygen atoms in total. The van der Waals surface area contributed by atoms with Gasteiger partial charge in [-0.3, -0.25) is 0 Å². The maximum Gasteiger partial charge on any atom is 2.00 e. The molecule has 0 aliphatic heterocycles. The summed E-state index contributed by atoms with van der Waals surface area (Å²) in [6.07, 6.45) is 1.78. The second kappa shape index (κ2) is 11.5. The van der Waals surface area contributed by atoms with Crippen LogP contribution in [-0.2, 0) is 40.1 Å². The predicted molar refractivity (Wildman–Crippen MR) is 88.9 cm³/mol. The quantitative estimate of drug-likeness (QED) is 0.717. The van der Waals surface area contributed by atoms with E-state index in [2.05, 4.69) is 27.7 Å². The third-order valence-electron chi connectivity index (χ3n) is 3.20. The molecule has 0 radical (unpaired) electrons. The summed E-state index contributed by atoms with van der Waals surface area (Å²) in [5.41, 5.74) is 1.87. The van der Waals surface area contributed by atoms with E-state index in [1.807, 2.05) is 24.3 Å². The Morgan fingerprint density at radius 2 is 0.957 bits per heavy atom. The van der Waals surface area contributed by atoms with Crippen LogP contribution in [0.4, 0.5) is 0 Å². The van der Waals surface area contributed by atoms with E-state index in [1.54, 1.807) is 24.3 Å². The zero-order chi connectivity index (χ0) is 16.5. The fourth-order valence-corrected chi connectivity index (χ4v) is 2.22. The summed E-state index contributed by atoms with van der Waals surface area (Å²) >= 11 is 0. The maximum atomic E-state index is 11.2. The molecule has 23 heavy (non-hydrogen) atoms. The maximum absolute atomic E-state index is 11.2. The van der Waals surface area contributed by atoms with Crippen molar-refractivity contribution >= 4 is 0 Å². The second-order valence-electron chi connectivity index (χ2n) is 6.41. The van der Waals surface area contributed by atoms with Gasteiger partial charge in [-0.25, -0.2) is 0 Å². The van der Waals surface area contributed by atoms with Crippen molar-refractivity contribution in [1.29, 1.82) is 0 Å². The van der Waals surface area contributed by atoms with Crippen LogP contribution >= 0.6 is 0 Å². The van der Waals surface area contributed by atoms with Gasteiger partial charge in [0.05, 0.1) is 0 Å². The largest absolute Gasteiger partial charge is 2.00 e. The van der Waals surface area contributed by atoms with E-state index in [4.69, 9.17) is 0 Å². The Hall–Kier alpha value is -1.04. The SMILES string of the molecule is CC(C)Cc1ccccc1[O-].CC(C)Cc1ccccc1[O-].[Cd+2]. The molecule has 3 heteroatoms. The minimum Gasteiger partial charge on any atom is -0.872 e. The Labute approximate surface area is 160 Å². The van der Waals surface area contributed by atoms with Crippen LogP contribution in [0, 0.1) is 11.8 Å². The van der Waals surface area contributed by atoms with Crippen molar-refractivity contribution in [3.8, 4) is 11.5 Å². The van der Waals surface area contributed by atoms with Gasteiger partial charge in [0.25, 0.3) is 0 Å². The number of hydrogen-bond acceptors (Lipinski definition) is 2. The molecule has 0 bridgehead atoms. The molecule has 2 aromatic carbocycles. The third kappa shape index (κ3) is 8.99. The van der Waals surface area contributed by atoms with Crippen LogP contribution in [-0.4, -0.2) is 0 Å². The molecular formula is C20H26CdO2. The van der Waals surface area contributed by atoms with Crippen LogP contribution in [0.2, 0.25) is 0 Å². The van der Waals surface area contributed by atoms with Crippen LogP contribution in [0.25, 0.3) is 0 Å². The first kappa shape index (κ1) is 22.0. The van der Waals surface area contributed by atoms with E-state index in [0.717, 1.165) is 24.0 Å². The average Bonchev–Trinajstić information content (AvgIpc) is 2.44. The van der Waals surface area contributed by atoms with Gasteiger partial charge in [0.2, 0.25) is 0 Å². The molecular weight excluding hydrogens is 385 g/mol. The van der Waals surface area contributed by atoms with Crippen molar-refractivity contribution in [2.24, 2.45) is 11.8 Å². The van der Waals surface area contributed by atoms with Crippen LogP contribution in [0.1, 0.15) is 38.8 Å². The Morgan fingerprint density at radius 1 is 0.652 bits per heavy atom. The molecule has 0 saturated carbocycles. The minimum atomic E-state index is 0. The van der Waals surface area contributed by atoms with E-state index in [-0.39, 0.29) is 38.8 Å². The predicted octanol–water partition coefficient (Wildman–Crippen LogP) is 3.91. The summed E-state index contributed by atoms with van der Waals surface area (Å²) < 4.78 is 0. The first-order chi connectivity index (χ1) is 10.4. The normalized spacial score (nSPS) is 10.0.